The van der Waals surface area contributed by atoms with Gasteiger partial charge in [-0.2, -0.15) is 0 Å². The maximum Gasteiger partial charge on any atom is 0.130 e. The Morgan fingerprint density at radius 2 is 2.12 bits per heavy atom. The molecule has 0 aliphatic heterocycles. The van der Waals surface area contributed by atoms with Crippen molar-refractivity contribution in [2.45, 2.75) is 19.4 Å². The van der Waals surface area contributed by atoms with Crippen molar-refractivity contribution in [3.05, 3.63) is 57.5 Å². The number of likely N-dealkylation sites (N-methyl/N-ethyl adjacent to an activating group) is 1. The van der Waals surface area contributed by atoms with E-state index in [0.29, 0.717) is 5.56 Å². The first-order valence-corrected chi connectivity index (χ1v) is 6.55. The summed E-state index contributed by atoms with van der Waals surface area (Å²) in [5.41, 5.74) is 1.45. The standard InChI is InChI=1S/C14H16FNS/c1-10-5-3-7-12(14(10)15)13(16-2)9-11-6-4-8-17-11/h3-8,13,16H,9H2,1-2H3. The summed E-state index contributed by atoms with van der Waals surface area (Å²) < 4.78 is 14.0. The van der Waals surface area contributed by atoms with Gasteiger partial charge in [-0.25, -0.2) is 4.39 Å². The van der Waals surface area contributed by atoms with Crippen LogP contribution in [0.3, 0.4) is 0 Å². The third-order valence-electron chi connectivity index (χ3n) is 2.93. The normalized spacial score (nSPS) is 12.6. The van der Waals surface area contributed by atoms with Gasteiger partial charge in [0.1, 0.15) is 5.82 Å². The van der Waals surface area contributed by atoms with Crippen LogP contribution in [0.2, 0.25) is 0 Å². The molecule has 0 aliphatic rings. The van der Waals surface area contributed by atoms with E-state index < -0.39 is 0 Å². The molecule has 1 atom stereocenters. The van der Waals surface area contributed by atoms with Gasteiger partial charge in [-0.1, -0.05) is 24.3 Å². The van der Waals surface area contributed by atoms with Gasteiger partial charge in [0.25, 0.3) is 0 Å². The largest absolute Gasteiger partial charge is 0.313 e. The highest BCUT2D eigenvalue weighted by Crippen LogP contribution is 2.24. The van der Waals surface area contributed by atoms with E-state index in [-0.39, 0.29) is 11.9 Å². The highest BCUT2D eigenvalue weighted by Gasteiger charge is 2.15. The zero-order valence-corrected chi connectivity index (χ0v) is 10.9. The van der Waals surface area contributed by atoms with Crippen LogP contribution >= 0.6 is 11.3 Å². The fourth-order valence-corrected chi connectivity index (χ4v) is 2.69. The quantitative estimate of drug-likeness (QED) is 0.871. The molecule has 0 radical (unpaired) electrons. The van der Waals surface area contributed by atoms with Crippen LogP contribution in [0.5, 0.6) is 0 Å². The third-order valence-corrected chi connectivity index (χ3v) is 3.83. The molecule has 17 heavy (non-hydrogen) atoms. The van der Waals surface area contributed by atoms with E-state index in [1.165, 1.54) is 4.88 Å². The Morgan fingerprint density at radius 3 is 2.76 bits per heavy atom. The average Bonchev–Trinajstić information content (AvgIpc) is 2.83. The summed E-state index contributed by atoms with van der Waals surface area (Å²) in [4.78, 5) is 1.27. The van der Waals surface area contributed by atoms with Gasteiger partial charge < -0.3 is 5.32 Å². The van der Waals surface area contributed by atoms with Crippen LogP contribution in [0.1, 0.15) is 22.0 Å². The Morgan fingerprint density at radius 1 is 1.29 bits per heavy atom. The van der Waals surface area contributed by atoms with E-state index in [1.54, 1.807) is 24.3 Å². The van der Waals surface area contributed by atoms with Crippen molar-refractivity contribution in [1.29, 1.82) is 0 Å². The number of hydrogen-bond donors (Lipinski definition) is 1. The maximum absolute atomic E-state index is 14.0. The second-order valence-corrected chi connectivity index (χ2v) is 5.14. The van der Waals surface area contributed by atoms with Crippen molar-refractivity contribution in [2.75, 3.05) is 7.05 Å². The molecule has 90 valence electrons. The minimum atomic E-state index is -0.0941. The number of thiophene rings is 1. The number of halogens is 1. The number of aryl methyl sites for hydroxylation is 1. The summed E-state index contributed by atoms with van der Waals surface area (Å²) in [6.07, 6.45) is 0.828. The molecule has 1 heterocycles. The first-order chi connectivity index (χ1) is 8.22. The van der Waals surface area contributed by atoms with Crippen molar-refractivity contribution in [2.24, 2.45) is 0 Å². The number of benzene rings is 1. The molecule has 0 fully saturated rings. The van der Waals surface area contributed by atoms with E-state index >= 15 is 0 Å². The van der Waals surface area contributed by atoms with Crippen LogP contribution < -0.4 is 5.32 Å². The molecule has 1 N–H and O–H groups in total. The van der Waals surface area contributed by atoms with Crippen LogP contribution in [0.15, 0.2) is 35.7 Å². The predicted molar refractivity (Wildman–Crippen MR) is 71.0 cm³/mol. The summed E-state index contributed by atoms with van der Waals surface area (Å²) in [6, 6.07) is 9.72. The van der Waals surface area contributed by atoms with Crippen LogP contribution in [0.25, 0.3) is 0 Å². The Kier molecular flexibility index (Phi) is 3.92. The van der Waals surface area contributed by atoms with Gasteiger partial charge in [-0.05, 0) is 31.0 Å². The second kappa shape index (κ2) is 5.43. The molecule has 1 nitrogen and oxygen atoms in total. The van der Waals surface area contributed by atoms with Gasteiger partial charge in [-0.15, -0.1) is 11.3 Å². The van der Waals surface area contributed by atoms with E-state index in [1.807, 2.05) is 25.2 Å². The molecule has 0 aliphatic carbocycles. The number of nitrogens with one attached hydrogen (secondary N) is 1. The van der Waals surface area contributed by atoms with Crippen LogP contribution in [0.4, 0.5) is 4.39 Å². The molecule has 1 aromatic heterocycles. The summed E-state index contributed by atoms with van der Waals surface area (Å²) in [5, 5.41) is 5.24. The highest BCUT2D eigenvalue weighted by molar-refractivity contribution is 7.09. The summed E-state index contributed by atoms with van der Waals surface area (Å²) >= 11 is 1.71. The smallest absolute Gasteiger partial charge is 0.130 e. The lowest BCUT2D eigenvalue weighted by Crippen LogP contribution is -2.20. The first kappa shape index (κ1) is 12.3. The van der Waals surface area contributed by atoms with E-state index in [2.05, 4.69) is 16.8 Å². The molecule has 0 amide bonds. The minimum Gasteiger partial charge on any atom is -0.313 e. The van der Waals surface area contributed by atoms with Gasteiger partial charge in [0, 0.05) is 22.9 Å². The summed E-state index contributed by atoms with van der Waals surface area (Å²) in [7, 11) is 1.88. The van der Waals surface area contributed by atoms with Crippen LogP contribution in [-0.4, -0.2) is 7.05 Å². The zero-order chi connectivity index (χ0) is 12.3. The highest BCUT2D eigenvalue weighted by atomic mass is 32.1. The van der Waals surface area contributed by atoms with E-state index in [0.717, 1.165) is 12.0 Å². The Hall–Kier alpha value is -1.19. The van der Waals surface area contributed by atoms with Crippen LogP contribution in [-0.2, 0) is 6.42 Å². The summed E-state index contributed by atoms with van der Waals surface area (Å²) in [6.45, 7) is 1.80. The SMILES string of the molecule is CNC(Cc1cccs1)c1cccc(C)c1F. The maximum atomic E-state index is 14.0. The topological polar surface area (TPSA) is 12.0 Å². The molecule has 0 spiro atoms. The number of hydrogen-bond acceptors (Lipinski definition) is 2. The minimum absolute atomic E-state index is 0.0357. The predicted octanol–water partition coefficient (Wildman–Crippen LogP) is 3.70. The van der Waals surface area contributed by atoms with Gasteiger partial charge in [0.15, 0.2) is 0 Å². The monoisotopic (exact) mass is 249 g/mol. The van der Waals surface area contributed by atoms with Gasteiger partial charge >= 0.3 is 0 Å². The lowest BCUT2D eigenvalue weighted by atomic mass is 10.0. The molecule has 0 saturated carbocycles. The molecular formula is C14H16FNS. The lowest BCUT2D eigenvalue weighted by Gasteiger charge is -2.17. The molecule has 0 bridgehead atoms. The third kappa shape index (κ3) is 2.73. The Bertz CT molecular complexity index is 479. The molecule has 2 aromatic rings. The fourth-order valence-electron chi connectivity index (χ4n) is 1.94. The molecule has 0 saturated heterocycles. The Balaban J connectivity index is 2.26. The van der Waals surface area contributed by atoms with Gasteiger partial charge in [0.2, 0.25) is 0 Å². The second-order valence-electron chi connectivity index (χ2n) is 4.10. The average molecular weight is 249 g/mol. The Labute approximate surface area is 105 Å². The first-order valence-electron chi connectivity index (χ1n) is 5.67. The van der Waals surface area contributed by atoms with Crippen molar-refractivity contribution in [3.63, 3.8) is 0 Å². The van der Waals surface area contributed by atoms with E-state index in [4.69, 9.17) is 0 Å². The van der Waals surface area contributed by atoms with Crippen molar-refractivity contribution < 1.29 is 4.39 Å². The molecular weight excluding hydrogens is 233 g/mol. The molecule has 1 unspecified atom stereocenters. The van der Waals surface area contributed by atoms with Crippen molar-refractivity contribution in [3.8, 4) is 0 Å². The molecule has 1 aromatic carbocycles. The summed E-state index contributed by atoms with van der Waals surface area (Å²) in [5.74, 6) is -0.0941. The fraction of sp³-hybridized carbons (Fsp3) is 0.286. The van der Waals surface area contributed by atoms with Crippen LogP contribution in [0, 0.1) is 12.7 Å². The molecule has 3 heteroatoms. The van der Waals surface area contributed by atoms with Gasteiger partial charge in [-0.3, -0.25) is 0 Å². The number of rotatable bonds is 4. The zero-order valence-electron chi connectivity index (χ0n) is 10.0. The van der Waals surface area contributed by atoms with E-state index in [9.17, 15) is 4.39 Å². The van der Waals surface area contributed by atoms with Crippen molar-refractivity contribution >= 4 is 11.3 Å². The molecule has 2 rings (SSSR count). The van der Waals surface area contributed by atoms with Crippen molar-refractivity contribution in [1.82, 2.24) is 5.32 Å². The van der Waals surface area contributed by atoms with Gasteiger partial charge in [0.05, 0.1) is 0 Å². The lowest BCUT2D eigenvalue weighted by molar-refractivity contribution is 0.532.